The summed E-state index contributed by atoms with van der Waals surface area (Å²) < 4.78 is 5.08. The molecule has 1 saturated heterocycles. The van der Waals surface area contributed by atoms with Crippen LogP contribution in [0.25, 0.3) is 0 Å². The summed E-state index contributed by atoms with van der Waals surface area (Å²) in [5, 5.41) is 3.66. The first-order valence-corrected chi connectivity index (χ1v) is 5.48. The van der Waals surface area contributed by atoms with E-state index >= 15 is 0 Å². The highest BCUT2D eigenvalue weighted by Crippen LogP contribution is 2.13. The quantitative estimate of drug-likeness (QED) is 0.437. The summed E-state index contributed by atoms with van der Waals surface area (Å²) in [6.45, 7) is 2.88. The molecule has 1 amide bonds. The van der Waals surface area contributed by atoms with Crippen LogP contribution in [0.4, 0.5) is 0 Å². The molecule has 0 unspecified atom stereocenters. The molecule has 1 aromatic heterocycles. The smallest absolute Gasteiger partial charge is 0.287 e. The number of nitrogen functional groups attached to an aromatic ring is 1. The molecule has 2 heterocycles. The summed E-state index contributed by atoms with van der Waals surface area (Å²) in [6.07, 6.45) is 3.75. The van der Waals surface area contributed by atoms with Crippen molar-refractivity contribution in [3.8, 4) is 0 Å². The fraction of sp³-hybridized carbons (Fsp3) is 0.600. The lowest BCUT2D eigenvalue weighted by atomic mass is 10.1. The van der Waals surface area contributed by atoms with Gasteiger partial charge >= 0.3 is 0 Å². The second kappa shape index (κ2) is 5.09. The predicted octanol–water partition coefficient (Wildman–Crippen LogP) is 0.264. The topological polar surface area (TPSA) is 84.4 Å². The summed E-state index contributed by atoms with van der Waals surface area (Å²) in [6, 6.07) is 1.64. The van der Waals surface area contributed by atoms with E-state index in [4.69, 9.17) is 10.4 Å². The van der Waals surface area contributed by atoms with Crippen molar-refractivity contribution in [2.24, 2.45) is 5.84 Å². The van der Waals surface area contributed by atoms with Gasteiger partial charge in [-0.1, -0.05) is 11.6 Å². The van der Waals surface area contributed by atoms with E-state index < -0.39 is 5.91 Å². The first kappa shape index (κ1) is 11.1. The first-order chi connectivity index (χ1) is 7.79. The highest BCUT2D eigenvalue weighted by molar-refractivity contribution is 5.91. The molecule has 1 fully saturated rings. The highest BCUT2D eigenvalue weighted by atomic mass is 16.5. The molecule has 0 atom stereocenters. The minimum absolute atomic E-state index is 0.231. The van der Waals surface area contributed by atoms with Crippen LogP contribution in [-0.4, -0.2) is 29.1 Å². The molecule has 0 radical (unpaired) electrons. The largest absolute Gasteiger partial charge is 0.359 e. The van der Waals surface area contributed by atoms with E-state index in [1.165, 1.54) is 19.3 Å². The molecular weight excluding hydrogens is 208 g/mol. The van der Waals surface area contributed by atoms with E-state index in [-0.39, 0.29) is 5.69 Å². The fourth-order valence-electron chi connectivity index (χ4n) is 1.91. The molecule has 6 nitrogen and oxygen atoms in total. The molecular formula is C10H16N4O2. The Kier molecular flexibility index (Phi) is 3.53. The number of amides is 1. The maximum Gasteiger partial charge on any atom is 0.287 e. The van der Waals surface area contributed by atoms with Crippen LogP contribution in [-0.2, 0) is 6.54 Å². The van der Waals surface area contributed by atoms with Gasteiger partial charge in [-0.2, -0.15) is 0 Å². The second-order valence-electron chi connectivity index (χ2n) is 3.99. The molecule has 1 aromatic rings. The number of rotatable bonds is 3. The maximum atomic E-state index is 11.1. The number of nitrogens with zero attached hydrogens (tertiary/aromatic N) is 2. The Bertz CT molecular complexity index is 357. The van der Waals surface area contributed by atoms with Gasteiger partial charge in [0.2, 0.25) is 0 Å². The maximum absolute atomic E-state index is 11.1. The normalized spacial score (nSPS) is 17.3. The second-order valence-corrected chi connectivity index (χ2v) is 3.99. The molecule has 0 bridgehead atoms. The summed E-state index contributed by atoms with van der Waals surface area (Å²) in [5.41, 5.74) is 2.25. The van der Waals surface area contributed by atoms with Crippen LogP contribution in [0.3, 0.4) is 0 Å². The number of aromatic nitrogens is 1. The van der Waals surface area contributed by atoms with Gasteiger partial charge in [0.25, 0.3) is 5.91 Å². The Hall–Kier alpha value is -1.40. The van der Waals surface area contributed by atoms with Gasteiger partial charge in [-0.3, -0.25) is 15.1 Å². The zero-order valence-electron chi connectivity index (χ0n) is 9.11. The zero-order valence-corrected chi connectivity index (χ0v) is 9.11. The SMILES string of the molecule is NNC(=O)c1cc(CN2CCCCC2)on1. The number of hydrogen-bond acceptors (Lipinski definition) is 5. The van der Waals surface area contributed by atoms with Crippen LogP contribution in [0.5, 0.6) is 0 Å². The standard InChI is InChI=1S/C10H16N4O2/c11-12-10(15)9-6-8(16-13-9)7-14-4-2-1-3-5-14/h6H,1-5,7,11H2,(H,12,15). The van der Waals surface area contributed by atoms with Crippen LogP contribution in [0, 0.1) is 0 Å². The summed E-state index contributed by atoms with van der Waals surface area (Å²) in [7, 11) is 0. The third kappa shape index (κ3) is 2.59. The molecule has 0 saturated carbocycles. The van der Waals surface area contributed by atoms with Gasteiger partial charge < -0.3 is 4.52 Å². The first-order valence-electron chi connectivity index (χ1n) is 5.48. The van der Waals surface area contributed by atoms with Crippen LogP contribution in [0.2, 0.25) is 0 Å². The van der Waals surface area contributed by atoms with Crippen molar-refractivity contribution in [1.29, 1.82) is 0 Å². The number of carbonyl (C=O) groups excluding carboxylic acids is 1. The van der Waals surface area contributed by atoms with E-state index in [1.807, 2.05) is 5.43 Å². The minimum Gasteiger partial charge on any atom is -0.359 e. The lowest BCUT2D eigenvalue weighted by Gasteiger charge is -2.24. The molecule has 0 aliphatic carbocycles. The highest BCUT2D eigenvalue weighted by Gasteiger charge is 2.15. The average molecular weight is 224 g/mol. The summed E-state index contributed by atoms with van der Waals surface area (Å²) in [4.78, 5) is 13.4. The van der Waals surface area contributed by atoms with Gasteiger partial charge in [0.1, 0.15) is 0 Å². The van der Waals surface area contributed by atoms with Crippen LogP contribution < -0.4 is 11.3 Å². The molecule has 16 heavy (non-hydrogen) atoms. The molecule has 2 rings (SSSR count). The zero-order chi connectivity index (χ0) is 11.4. The molecule has 6 heteroatoms. The van der Waals surface area contributed by atoms with Crippen molar-refractivity contribution in [2.75, 3.05) is 13.1 Å². The van der Waals surface area contributed by atoms with E-state index in [0.717, 1.165) is 13.1 Å². The predicted molar refractivity (Wildman–Crippen MR) is 57.3 cm³/mol. The number of nitrogens with two attached hydrogens (primary N) is 1. The van der Waals surface area contributed by atoms with E-state index in [1.54, 1.807) is 6.07 Å². The number of hydrazine groups is 1. The summed E-state index contributed by atoms with van der Waals surface area (Å²) >= 11 is 0. The van der Waals surface area contributed by atoms with Crippen LogP contribution in [0.1, 0.15) is 35.5 Å². The lowest BCUT2D eigenvalue weighted by molar-refractivity contribution is 0.0944. The Labute approximate surface area is 93.7 Å². The van der Waals surface area contributed by atoms with Crippen molar-refractivity contribution in [2.45, 2.75) is 25.8 Å². The van der Waals surface area contributed by atoms with Crippen LogP contribution >= 0.6 is 0 Å². The molecule has 88 valence electrons. The van der Waals surface area contributed by atoms with E-state index in [9.17, 15) is 4.79 Å². The van der Waals surface area contributed by atoms with Crippen molar-refractivity contribution in [3.05, 3.63) is 17.5 Å². The monoisotopic (exact) mass is 224 g/mol. The average Bonchev–Trinajstić information content (AvgIpc) is 2.78. The summed E-state index contributed by atoms with van der Waals surface area (Å²) in [5.74, 6) is 5.29. The third-order valence-electron chi connectivity index (χ3n) is 2.75. The number of carbonyl (C=O) groups is 1. The number of likely N-dealkylation sites (tertiary alicyclic amines) is 1. The van der Waals surface area contributed by atoms with Crippen molar-refractivity contribution in [1.82, 2.24) is 15.5 Å². The molecule has 3 N–H and O–H groups in total. The van der Waals surface area contributed by atoms with Crippen molar-refractivity contribution < 1.29 is 9.32 Å². The lowest BCUT2D eigenvalue weighted by Crippen LogP contribution is -2.30. The Balaban J connectivity index is 1.94. The van der Waals surface area contributed by atoms with E-state index in [2.05, 4.69) is 10.1 Å². The molecule has 1 aliphatic heterocycles. The van der Waals surface area contributed by atoms with Gasteiger partial charge in [-0.15, -0.1) is 0 Å². The minimum atomic E-state index is -0.423. The molecule has 1 aliphatic rings. The number of piperidine rings is 1. The van der Waals surface area contributed by atoms with E-state index in [0.29, 0.717) is 12.3 Å². The van der Waals surface area contributed by atoms with Crippen molar-refractivity contribution in [3.63, 3.8) is 0 Å². The van der Waals surface area contributed by atoms with Gasteiger partial charge in [0, 0.05) is 6.07 Å². The van der Waals surface area contributed by atoms with Crippen LogP contribution in [0.15, 0.2) is 10.6 Å². The van der Waals surface area contributed by atoms with Gasteiger partial charge in [0.05, 0.1) is 6.54 Å². The fourth-order valence-corrected chi connectivity index (χ4v) is 1.91. The Morgan fingerprint density at radius 3 is 2.94 bits per heavy atom. The number of nitrogens with one attached hydrogen (secondary N) is 1. The Morgan fingerprint density at radius 1 is 1.50 bits per heavy atom. The molecule has 0 aromatic carbocycles. The number of hydrogen-bond donors (Lipinski definition) is 2. The van der Waals surface area contributed by atoms with Gasteiger partial charge in [-0.05, 0) is 25.9 Å². The van der Waals surface area contributed by atoms with Crippen molar-refractivity contribution >= 4 is 5.91 Å². The van der Waals surface area contributed by atoms with Gasteiger partial charge in [0.15, 0.2) is 11.5 Å². The van der Waals surface area contributed by atoms with Gasteiger partial charge in [-0.25, -0.2) is 5.84 Å². The Morgan fingerprint density at radius 2 is 2.25 bits per heavy atom. The molecule has 0 spiro atoms. The third-order valence-corrected chi connectivity index (χ3v) is 2.75.